The lowest BCUT2D eigenvalue weighted by molar-refractivity contribution is 0.0602. The molecule has 3 N–H and O–H groups in total. The third-order valence-corrected chi connectivity index (χ3v) is 3.29. The van der Waals surface area contributed by atoms with Crippen molar-refractivity contribution in [1.29, 1.82) is 0 Å². The standard InChI is InChI=1S/C13H20N2O2S/c1-9(7-8-18-3)15-12-10(13(16)17-2)5-4-6-11(12)14/h4-6,9,15H,7-8,14H2,1-3H3. The summed E-state index contributed by atoms with van der Waals surface area (Å²) in [4.78, 5) is 11.7. The van der Waals surface area contributed by atoms with Crippen LogP contribution in [0.1, 0.15) is 23.7 Å². The molecule has 0 saturated heterocycles. The molecule has 18 heavy (non-hydrogen) atoms. The molecular weight excluding hydrogens is 248 g/mol. The molecular formula is C13H20N2O2S. The summed E-state index contributed by atoms with van der Waals surface area (Å²) in [5.41, 5.74) is 7.62. The smallest absolute Gasteiger partial charge is 0.340 e. The zero-order valence-electron chi connectivity index (χ0n) is 11.0. The zero-order valence-corrected chi connectivity index (χ0v) is 11.8. The molecule has 1 unspecified atom stereocenters. The van der Waals surface area contributed by atoms with Crippen molar-refractivity contribution in [1.82, 2.24) is 0 Å². The van der Waals surface area contributed by atoms with Crippen LogP contribution in [0, 0.1) is 0 Å². The first-order valence-electron chi connectivity index (χ1n) is 5.82. The van der Waals surface area contributed by atoms with E-state index < -0.39 is 0 Å². The highest BCUT2D eigenvalue weighted by atomic mass is 32.2. The molecule has 1 rings (SSSR count). The average Bonchev–Trinajstić information content (AvgIpc) is 2.37. The van der Waals surface area contributed by atoms with Crippen molar-refractivity contribution in [3.8, 4) is 0 Å². The number of methoxy groups -OCH3 is 1. The van der Waals surface area contributed by atoms with E-state index in [0.717, 1.165) is 12.2 Å². The fraction of sp³-hybridized carbons (Fsp3) is 0.462. The normalized spacial score (nSPS) is 11.9. The number of nitrogens with two attached hydrogens (primary N) is 1. The molecule has 0 amide bonds. The number of benzene rings is 1. The largest absolute Gasteiger partial charge is 0.465 e. The SMILES string of the molecule is COC(=O)c1cccc(N)c1NC(C)CCSC. The van der Waals surface area contributed by atoms with Crippen molar-refractivity contribution in [3.63, 3.8) is 0 Å². The second-order valence-electron chi connectivity index (χ2n) is 4.09. The molecule has 0 spiro atoms. The summed E-state index contributed by atoms with van der Waals surface area (Å²) in [5, 5.41) is 3.29. The predicted molar refractivity (Wildman–Crippen MR) is 78.3 cm³/mol. The van der Waals surface area contributed by atoms with Crippen LogP contribution in [-0.4, -0.2) is 31.1 Å². The Hall–Kier alpha value is -1.36. The molecule has 0 aliphatic carbocycles. The van der Waals surface area contributed by atoms with E-state index in [1.54, 1.807) is 30.0 Å². The molecule has 1 aromatic rings. The average molecular weight is 268 g/mol. The van der Waals surface area contributed by atoms with Crippen LogP contribution in [0.5, 0.6) is 0 Å². The van der Waals surface area contributed by atoms with Crippen molar-refractivity contribution in [2.75, 3.05) is 30.2 Å². The van der Waals surface area contributed by atoms with Gasteiger partial charge in [0.2, 0.25) is 0 Å². The van der Waals surface area contributed by atoms with Gasteiger partial charge in [0.25, 0.3) is 0 Å². The highest BCUT2D eigenvalue weighted by Gasteiger charge is 2.15. The molecule has 0 saturated carbocycles. The minimum atomic E-state index is -0.373. The van der Waals surface area contributed by atoms with E-state index in [2.05, 4.69) is 18.5 Å². The Labute approximate surface area is 112 Å². The van der Waals surface area contributed by atoms with Gasteiger partial charge in [0, 0.05) is 6.04 Å². The second-order valence-corrected chi connectivity index (χ2v) is 5.07. The summed E-state index contributed by atoms with van der Waals surface area (Å²) in [6.45, 7) is 2.07. The molecule has 0 aliphatic heterocycles. The number of carbonyl (C=O) groups is 1. The van der Waals surface area contributed by atoms with E-state index in [4.69, 9.17) is 10.5 Å². The van der Waals surface area contributed by atoms with Crippen molar-refractivity contribution < 1.29 is 9.53 Å². The van der Waals surface area contributed by atoms with Gasteiger partial charge in [-0.25, -0.2) is 4.79 Å². The summed E-state index contributed by atoms with van der Waals surface area (Å²) in [7, 11) is 1.37. The Morgan fingerprint density at radius 2 is 2.28 bits per heavy atom. The number of nitrogen functional groups attached to an aromatic ring is 1. The number of anilines is 2. The first-order valence-corrected chi connectivity index (χ1v) is 7.21. The van der Waals surface area contributed by atoms with Gasteiger partial charge >= 0.3 is 5.97 Å². The lowest BCUT2D eigenvalue weighted by Crippen LogP contribution is -2.19. The van der Waals surface area contributed by atoms with Crippen molar-refractivity contribution in [2.45, 2.75) is 19.4 Å². The summed E-state index contributed by atoms with van der Waals surface area (Å²) in [5.74, 6) is 0.691. The maximum atomic E-state index is 11.7. The molecule has 0 fully saturated rings. The fourth-order valence-electron chi connectivity index (χ4n) is 1.62. The Morgan fingerprint density at radius 1 is 1.56 bits per heavy atom. The van der Waals surface area contributed by atoms with Gasteiger partial charge in [0.1, 0.15) is 0 Å². The number of nitrogens with one attached hydrogen (secondary N) is 1. The van der Waals surface area contributed by atoms with E-state index in [-0.39, 0.29) is 12.0 Å². The van der Waals surface area contributed by atoms with E-state index in [9.17, 15) is 4.79 Å². The predicted octanol–water partition coefficient (Wildman–Crippen LogP) is 2.61. The van der Waals surface area contributed by atoms with Gasteiger partial charge in [-0.2, -0.15) is 11.8 Å². The minimum absolute atomic E-state index is 0.255. The number of hydrogen-bond acceptors (Lipinski definition) is 5. The molecule has 1 atom stereocenters. The molecule has 0 heterocycles. The molecule has 0 radical (unpaired) electrons. The number of rotatable bonds is 6. The van der Waals surface area contributed by atoms with Gasteiger partial charge in [-0.05, 0) is 37.5 Å². The van der Waals surface area contributed by atoms with E-state index in [0.29, 0.717) is 16.9 Å². The van der Waals surface area contributed by atoms with Crippen molar-refractivity contribution in [2.24, 2.45) is 0 Å². The fourth-order valence-corrected chi connectivity index (χ4v) is 2.21. The third-order valence-electron chi connectivity index (χ3n) is 2.65. The Balaban J connectivity index is 2.89. The summed E-state index contributed by atoms with van der Waals surface area (Å²) in [6.07, 6.45) is 3.08. The van der Waals surface area contributed by atoms with Gasteiger partial charge in [-0.3, -0.25) is 0 Å². The molecule has 100 valence electrons. The van der Waals surface area contributed by atoms with Crippen LogP contribution in [0.15, 0.2) is 18.2 Å². The van der Waals surface area contributed by atoms with E-state index in [1.165, 1.54) is 7.11 Å². The Morgan fingerprint density at radius 3 is 2.89 bits per heavy atom. The van der Waals surface area contributed by atoms with Crippen molar-refractivity contribution >= 4 is 29.1 Å². The van der Waals surface area contributed by atoms with Crippen LogP contribution >= 0.6 is 11.8 Å². The minimum Gasteiger partial charge on any atom is -0.465 e. The molecule has 5 heteroatoms. The highest BCUT2D eigenvalue weighted by molar-refractivity contribution is 7.98. The van der Waals surface area contributed by atoms with Crippen LogP contribution in [0.3, 0.4) is 0 Å². The maximum Gasteiger partial charge on any atom is 0.340 e. The number of esters is 1. The van der Waals surface area contributed by atoms with Crippen LogP contribution in [0.25, 0.3) is 0 Å². The van der Waals surface area contributed by atoms with Gasteiger partial charge < -0.3 is 15.8 Å². The molecule has 0 aliphatic rings. The lowest BCUT2D eigenvalue weighted by Gasteiger charge is -2.18. The van der Waals surface area contributed by atoms with Crippen LogP contribution in [-0.2, 0) is 4.74 Å². The van der Waals surface area contributed by atoms with Crippen LogP contribution in [0.4, 0.5) is 11.4 Å². The number of para-hydroxylation sites is 1. The van der Waals surface area contributed by atoms with Gasteiger partial charge in [-0.1, -0.05) is 6.07 Å². The number of hydrogen-bond donors (Lipinski definition) is 2. The Kier molecular flexibility index (Phi) is 5.85. The highest BCUT2D eigenvalue weighted by Crippen LogP contribution is 2.25. The topological polar surface area (TPSA) is 64.3 Å². The quantitative estimate of drug-likeness (QED) is 0.613. The van der Waals surface area contributed by atoms with E-state index in [1.807, 2.05) is 0 Å². The monoisotopic (exact) mass is 268 g/mol. The number of thioether (sulfide) groups is 1. The van der Waals surface area contributed by atoms with Gasteiger partial charge in [0.05, 0.1) is 24.0 Å². The first kappa shape index (κ1) is 14.7. The summed E-state index contributed by atoms with van der Waals surface area (Å²) >= 11 is 1.80. The maximum absolute atomic E-state index is 11.7. The molecule has 1 aromatic carbocycles. The second kappa shape index (κ2) is 7.16. The lowest BCUT2D eigenvalue weighted by atomic mass is 10.1. The van der Waals surface area contributed by atoms with Crippen LogP contribution < -0.4 is 11.1 Å². The molecule has 4 nitrogen and oxygen atoms in total. The molecule has 0 aromatic heterocycles. The Bertz CT molecular complexity index is 410. The summed E-state index contributed by atoms with van der Waals surface area (Å²) in [6, 6.07) is 5.49. The number of carbonyl (C=O) groups excluding carboxylic acids is 1. The van der Waals surface area contributed by atoms with E-state index >= 15 is 0 Å². The van der Waals surface area contributed by atoms with Gasteiger partial charge in [0.15, 0.2) is 0 Å². The summed E-state index contributed by atoms with van der Waals surface area (Å²) < 4.78 is 4.76. The number of ether oxygens (including phenoxy) is 1. The van der Waals surface area contributed by atoms with Gasteiger partial charge in [-0.15, -0.1) is 0 Å². The molecule has 0 bridgehead atoms. The van der Waals surface area contributed by atoms with Crippen molar-refractivity contribution in [3.05, 3.63) is 23.8 Å². The zero-order chi connectivity index (χ0) is 13.5. The third kappa shape index (κ3) is 3.84. The first-order chi connectivity index (χ1) is 8.60. The van der Waals surface area contributed by atoms with Crippen LogP contribution in [0.2, 0.25) is 0 Å².